The number of benzene rings is 2. The predicted octanol–water partition coefficient (Wildman–Crippen LogP) is 4.01. The van der Waals surface area contributed by atoms with E-state index in [0.717, 1.165) is 31.6 Å². The fourth-order valence-corrected chi connectivity index (χ4v) is 6.37. The minimum absolute atomic E-state index is 0.0681. The van der Waals surface area contributed by atoms with Crippen molar-refractivity contribution in [1.29, 1.82) is 0 Å². The lowest BCUT2D eigenvalue weighted by molar-refractivity contribution is 0.102. The highest BCUT2D eigenvalue weighted by Crippen LogP contribution is 2.39. The molecule has 1 amide bonds. The van der Waals surface area contributed by atoms with Crippen molar-refractivity contribution in [3.05, 3.63) is 40.9 Å². The van der Waals surface area contributed by atoms with E-state index < -0.39 is 15.9 Å². The minimum Gasteiger partial charge on any atom is -0.492 e. The summed E-state index contributed by atoms with van der Waals surface area (Å²) in [5.74, 6) is 0.633. The Labute approximate surface area is 217 Å². The van der Waals surface area contributed by atoms with Crippen molar-refractivity contribution >= 4 is 38.9 Å². The standard InChI is InChI=1S/C25H32ClN3O6S/c1-3-34-22-17-21(28-11-13-33-14-12-28)23(35-4-2)16-20(22)27-25(30)18-7-8-19(26)24(15-18)36(31,32)29-9-5-6-10-29/h7-8,15-17H,3-6,9-14H2,1-2H3,(H,27,30). The molecular weight excluding hydrogens is 506 g/mol. The largest absolute Gasteiger partial charge is 0.492 e. The van der Waals surface area contributed by atoms with Gasteiger partial charge >= 0.3 is 0 Å². The number of nitrogens with one attached hydrogen (secondary N) is 1. The van der Waals surface area contributed by atoms with Crippen LogP contribution in [0.25, 0.3) is 0 Å². The van der Waals surface area contributed by atoms with E-state index in [9.17, 15) is 13.2 Å². The summed E-state index contributed by atoms with van der Waals surface area (Å²) in [6.07, 6.45) is 1.61. The summed E-state index contributed by atoms with van der Waals surface area (Å²) < 4.78 is 44.8. The fourth-order valence-electron chi connectivity index (χ4n) is 4.35. The summed E-state index contributed by atoms with van der Waals surface area (Å²) in [4.78, 5) is 15.3. The highest BCUT2D eigenvalue weighted by molar-refractivity contribution is 7.89. The molecule has 36 heavy (non-hydrogen) atoms. The Morgan fingerprint density at radius 3 is 2.33 bits per heavy atom. The third kappa shape index (κ3) is 5.72. The highest BCUT2D eigenvalue weighted by atomic mass is 35.5. The topological polar surface area (TPSA) is 97.4 Å². The van der Waals surface area contributed by atoms with Gasteiger partial charge in [-0.3, -0.25) is 4.79 Å². The Morgan fingerprint density at radius 1 is 1.00 bits per heavy atom. The van der Waals surface area contributed by atoms with E-state index in [1.807, 2.05) is 19.9 Å². The van der Waals surface area contributed by atoms with Gasteiger partial charge in [0.2, 0.25) is 10.0 Å². The lowest BCUT2D eigenvalue weighted by Gasteiger charge is -2.31. The van der Waals surface area contributed by atoms with Crippen LogP contribution < -0.4 is 19.7 Å². The third-order valence-electron chi connectivity index (χ3n) is 6.14. The molecule has 0 spiro atoms. The summed E-state index contributed by atoms with van der Waals surface area (Å²) >= 11 is 6.25. The maximum atomic E-state index is 13.3. The molecule has 0 aliphatic carbocycles. The smallest absolute Gasteiger partial charge is 0.255 e. The number of carbonyl (C=O) groups is 1. The van der Waals surface area contributed by atoms with Gasteiger partial charge in [-0.05, 0) is 44.9 Å². The van der Waals surface area contributed by atoms with Crippen LogP contribution in [0.5, 0.6) is 11.5 Å². The van der Waals surface area contributed by atoms with Crippen molar-refractivity contribution in [3.8, 4) is 11.5 Å². The number of morpholine rings is 1. The maximum absolute atomic E-state index is 13.3. The van der Waals surface area contributed by atoms with Gasteiger partial charge in [-0.2, -0.15) is 4.31 Å². The molecule has 4 rings (SSSR count). The average Bonchev–Trinajstić information content (AvgIpc) is 3.42. The van der Waals surface area contributed by atoms with E-state index >= 15 is 0 Å². The Balaban J connectivity index is 1.65. The molecule has 9 nitrogen and oxygen atoms in total. The molecule has 2 fully saturated rings. The van der Waals surface area contributed by atoms with Crippen LogP contribution in [0.3, 0.4) is 0 Å². The van der Waals surface area contributed by atoms with E-state index in [-0.39, 0.29) is 15.5 Å². The molecule has 0 atom stereocenters. The zero-order valence-corrected chi connectivity index (χ0v) is 22.2. The molecule has 0 saturated carbocycles. The molecule has 0 unspecified atom stereocenters. The predicted molar refractivity (Wildman–Crippen MR) is 139 cm³/mol. The highest BCUT2D eigenvalue weighted by Gasteiger charge is 2.30. The van der Waals surface area contributed by atoms with Gasteiger partial charge in [-0.15, -0.1) is 0 Å². The number of hydrogen-bond acceptors (Lipinski definition) is 7. The van der Waals surface area contributed by atoms with Crippen LogP contribution in [0.4, 0.5) is 11.4 Å². The molecule has 11 heteroatoms. The van der Waals surface area contributed by atoms with Crippen molar-refractivity contribution in [2.75, 3.05) is 62.8 Å². The van der Waals surface area contributed by atoms with Gasteiger partial charge < -0.3 is 24.4 Å². The molecule has 2 aliphatic rings. The van der Waals surface area contributed by atoms with E-state index in [2.05, 4.69) is 10.2 Å². The van der Waals surface area contributed by atoms with Crippen LogP contribution >= 0.6 is 11.6 Å². The van der Waals surface area contributed by atoms with Gasteiger partial charge in [0, 0.05) is 43.9 Å². The first-order valence-electron chi connectivity index (χ1n) is 12.2. The van der Waals surface area contributed by atoms with Crippen LogP contribution in [0.15, 0.2) is 35.2 Å². The van der Waals surface area contributed by atoms with E-state index in [0.29, 0.717) is 56.7 Å². The first-order valence-corrected chi connectivity index (χ1v) is 14.0. The maximum Gasteiger partial charge on any atom is 0.255 e. The Hall–Kier alpha value is -2.53. The van der Waals surface area contributed by atoms with E-state index in [4.69, 9.17) is 25.8 Å². The molecule has 2 aromatic rings. The van der Waals surface area contributed by atoms with E-state index in [1.54, 1.807) is 6.07 Å². The number of rotatable bonds is 9. The second-order valence-corrected chi connectivity index (χ2v) is 10.8. The van der Waals surface area contributed by atoms with Crippen molar-refractivity contribution in [2.24, 2.45) is 0 Å². The summed E-state index contributed by atoms with van der Waals surface area (Å²) in [6.45, 7) is 8.18. The normalized spacial score (nSPS) is 16.7. The number of hydrogen-bond donors (Lipinski definition) is 1. The van der Waals surface area contributed by atoms with Gasteiger partial charge in [-0.25, -0.2) is 8.42 Å². The number of nitrogens with zero attached hydrogens (tertiary/aromatic N) is 2. The summed E-state index contributed by atoms with van der Waals surface area (Å²) in [6, 6.07) is 7.88. The molecule has 2 saturated heterocycles. The van der Waals surface area contributed by atoms with Crippen molar-refractivity contribution in [1.82, 2.24) is 4.31 Å². The second-order valence-electron chi connectivity index (χ2n) is 8.49. The van der Waals surface area contributed by atoms with E-state index in [1.165, 1.54) is 22.5 Å². The first-order chi connectivity index (χ1) is 17.3. The van der Waals surface area contributed by atoms with Crippen molar-refractivity contribution in [3.63, 3.8) is 0 Å². The van der Waals surface area contributed by atoms with Crippen LogP contribution in [0.1, 0.15) is 37.0 Å². The van der Waals surface area contributed by atoms with Gasteiger partial charge in [0.15, 0.2) is 0 Å². The zero-order chi connectivity index (χ0) is 25.7. The van der Waals surface area contributed by atoms with Gasteiger partial charge in [0.05, 0.1) is 42.8 Å². The van der Waals surface area contributed by atoms with Crippen molar-refractivity contribution < 1.29 is 27.4 Å². The number of halogens is 1. The molecule has 0 bridgehead atoms. The molecule has 0 aromatic heterocycles. The monoisotopic (exact) mass is 537 g/mol. The third-order valence-corrected chi connectivity index (χ3v) is 8.52. The zero-order valence-electron chi connectivity index (χ0n) is 20.6. The Kier molecular flexibility index (Phi) is 8.61. The van der Waals surface area contributed by atoms with Crippen LogP contribution in [-0.2, 0) is 14.8 Å². The fraction of sp³-hybridized carbons (Fsp3) is 0.480. The second kappa shape index (κ2) is 11.7. The summed E-state index contributed by atoms with van der Waals surface area (Å²) in [5, 5.41) is 2.95. The molecule has 0 radical (unpaired) electrons. The molecule has 2 aromatic carbocycles. The number of ether oxygens (including phenoxy) is 3. The van der Waals surface area contributed by atoms with Crippen LogP contribution in [-0.4, -0.2) is 71.2 Å². The molecule has 1 N–H and O–H groups in total. The Bertz CT molecular complexity index is 1190. The molecule has 2 aliphatic heterocycles. The number of anilines is 2. The number of amides is 1. The van der Waals surface area contributed by atoms with Gasteiger partial charge in [-0.1, -0.05) is 11.6 Å². The summed E-state index contributed by atoms with van der Waals surface area (Å²) in [5.41, 5.74) is 1.48. The SMILES string of the molecule is CCOc1cc(N2CCOCC2)c(OCC)cc1NC(=O)c1ccc(Cl)c(S(=O)(=O)N2CCCC2)c1. The van der Waals surface area contributed by atoms with Crippen molar-refractivity contribution in [2.45, 2.75) is 31.6 Å². The average molecular weight is 538 g/mol. The Morgan fingerprint density at radius 2 is 1.67 bits per heavy atom. The quantitative estimate of drug-likeness (QED) is 0.516. The number of sulfonamides is 1. The van der Waals surface area contributed by atoms with Gasteiger partial charge in [0.25, 0.3) is 5.91 Å². The molecule has 196 valence electrons. The molecular formula is C25H32ClN3O6S. The summed E-state index contributed by atoms with van der Waals surface area (Å²) in [7, 11) is -3.79. The molecule has 2 heterocycles. The first kappa shape index (κ1) is 26.5. The minimum atomic E-state index is -3.79. The van der Waals surface area contributed by atoms with Gasteiger partial charge in [0.1, 0.15) is 16.4 Å². The number of carbonyl (C=O) groups excluding carboxylic acids is 1. The van der Waals surface area contributed by atoms with Crippen LogP contribution in [0, 0.1) is 0 Å². The lowest BCUT2D eigenvalue weighted by Crippen LogP contribution is -2.36. The van der Waals surface area contributed by atoms with Crippen LogP contribution in [0.2, 0.25) is 5.02 Å². The lowest BCUT2D eigenvalue weighted by atomic mass is 10.1.